The highest BCUT2D eigenvalue weighted by Gasteiger charge is 2.51. The first-order valence-electron chi connectivity index (χ1n) is 8.22. The van der Waals surface area contributed by atoms with Crippen molar-refractivity contribution in [3.05, 3.63) is 98.4 Å². The van der Waals surface area contributed by atoms with E-state index in [1.165, 1.54) is 24.3 Å². The normalized spacial score (nSPS) is 18.2. The Morgan fingerprint density at radius 1 is 0.964 bits per heavy atom. The molecule has 2 N–H and O–H groups in total. The maximum atomic E-state index is 13.2. The molecule has 0 radical (unpaired) electrons. The molecular weight excluding hydrogens is 403 g/mol. The second-order valence-corrected chi connectivity index (χ2v) is 7.12. The molecule has 0 saturated carbocycles. The lowest BCUT2D eigenvalue weighted by Gasteiger charge is -2.35. The molecule has 6 nitrogen and oxygen atoms in total. The van der Waals surface area contributed by atoms with Crippen molar-refractivity contribution in [2.24, 2.45) is 0 Å². The number of carbonyl (C=O) groups is 1. The summed E-state index contributed by atoms with van der Waals surface area (Å²) in [6.45, 7) is 0. The molecule has 1 amide bonds. The van der Waals surface area contributed by atoms with Crippen LogP contribution < -0.4 is 4.90 Å². The Labute approximate surface area is 169 Å². The molecule has 0 bridgehead atoms. The fraction of sp³-hybridized carbons (Fsp3) is 0.0500. The second-order valence-electron chi connectivity index (χ2n) is 6.28. The Balaban J connectivity index is 1.98. The number of nitrogens with zero attached hydrogens (tertiary/aromatic N) is 2. The first kappa shape index (κ1) is 18.4. The minimum Gasteiger partial charge on any atom is -0.363 e. The van der Waals surface area contributed by atoms with Gasteiger partial charge in [-0.3, -0.25) is 9.69 Å². The average Bonchev–Trinajstić information content (AvgIpc) is 2.90. The summed E-state index contributed by atoms with van der Waals surface area (Å²) < 4.78 is 0. The Morgan fingerprint density at radius 3 is 2.32 bits per heavy atom. The molecule has 0 saturated heterocycles. The Bertz CT molecular complexity index is 1120. The highest BCUT2D eigenvalue weighted by molar-refractivity contribution is 6.35. The van der Waals surface area contributed by atoms with Gasteiger partial charge in [-0.2, -0.15) is 0 Å². The van der Waals surface area contributed by atoms with Crippen LogP contribution in [0.3, 0.4) is 0 Å². The minimum atomic E-state index is -1.83. The van der Waals surface area contributed by atoms with Crippen LogP contribution in [0.1, 0.15) is 21.5 Å². The van der Waals surface area contributed by atoms with Gasteiger partial charge in [-0.1, -0.05) is 59.6 Å². The van der Waals surface area contributed by atoms with Crippen molar-refractivity contribution in [1.29, 1.82) is 0 Å². The van der Waals surface area contributed by atoms with Crippen molar-refractivity contribution in [2.75, 3.05) is 4.90 Å². The van der Waals surface area contributed by atoms with E-state index in [0.717, 1.165) is 4.90 Å². The van der Waals surface area contributed by atoms with Crippen molar-refractivity contribution >= 4 is 40.5 Å². The van der Waals surface area contributed by atoms with E-state index in [4.69, 9.17) is 28.4 Å². The summed E-state index contributed by atoms with van der Waals surface area (Å²) in [7, 11) is 0. The van der Waals surface area contributed by atoms with Crippen LogP contribution in [0.2, 0.25) is 10.0 Å². The van der Waals surface area contributed by atoms with Crippen molar-refractivity contribution < 1.29 is 20.0 Å². The van der Waals surface area contributed by atoms with Gasteiger partial charge in [0.25, 0.3) is 10.8 Å². The standard InChI is InChI=1S/C20H13Cl2N2O4/c21-13-6-8-16-15(10-13)19(25)23(20(16,26)12-4-2-1-3-5-12)18-9-7-14(24(27)28)11-17(18)22/h1-11,26H,(H,27,28)/q+1. The molecule has 140 valence electrons. The summed E-state index contributed by atoms with van der Waals surface area (Å²) in [6.07, 6.45) is 0. The lowest BCUT2D eigenvalue weighted by Crippen LogP contribution is -2.45. The molecule has 0 fully saturated rings. The topological polar surface area (TPSA) is 80.8 Å². The predicted octanol–water partition coefficient (Wildman–Crippen LogP) is 4.65. The monoisotopic (exact) mass is 415 g/mol. The number of benzene rings is 3. The number of hydrogen-bond donors (Lipinski definition) is 2. The highest BCUT2D eigenvalue weighted by atomic mass is 35.5. The number of anilines is 1. The molecular formula is C20H13Cl2N2O4+. The van der Waals surface area contributed by atoms with E-state index in [1.54, 1.807) is 42.5 Å². The summed E-state index contributed by atoms with van der Waals surface area (Å²) in [5.41, 5.74) is -0.704. The Morgan fingerprint density at radius 2 is 1.68 bits per heavy atom. The van der Waals surface area contributed by atoms with Gasteiger partial charge in [0.05, 0.1) is 15.6 Å². The largest absolute Gasteiger partial charge is 0.363 e. The number of fused-ring (bicyclic) bond motifs is 1. The van der Waals surface area contributed by atoms with Crippen molar-refractivity contribution in [2.45, 2.75) is 5.72 Å². The maximum absolute atomic E-state index is 13.2. The molecule has 8 heteroatoms. The van der Waals surface area contributed by atoms with E-state index in [0.29, 0.717) is 16.1 Å². The van der Waals surface area contributed by atoms with E-state index in [-0.39, 0.29) is 26.9 Å². The van der Waals surface area contributed by atoms with Gasteiger partial charge >= 0.3 is 5.69 Å². The zero-order valence-corrected chi connectivity index (χ0v) is 15.7. The van der Waals surface area contributed by atoms with Gasteiger partial charge in [-0.15, -0.1) is 0 Å². The first-order valence-corrected chi connectivity index (χ1v) is 8.98. The molecule has 28 heavy (non-hydrogen) atoms. The summed E-state index contributed by atoms with van der Waals surface area (Å²) >= 11 is 12.4. The average molecular weight is 416 g/mol. The summed E-state index contributed by atoms with van der Waals surface area (Å²) in [4.78, 5) is 25.2. The molecule has 1 heterocycles. The van der Waals surface area contributed by atoms with E-state index >= 15 is 0 Å². The van der Waals surface area contributed by atoms with E-state index < -0.39 is 11.6 Å². The van der Waals surface area contributed by atoms with Gasteiger partial charge < -0.3 is 5.11 Å². The smallest absolute Gasteiger partial charge is 0.318 e. The van der Waals surface area contributed by atoms with Crippen LogP contribution in [0.25, 0.3) is 0 Å². The molecule has 3 aromatic rings. The number of carbonyl (C=O) groups excluding carboxylic acids is 1. The number of rotatable bonds is 3. The van der Waals surface area contributed by atoms with Gasteiger partial charge in [0, 0.05) is 33.8 Å². The third kappa shape index (κ3) is 2.65. The highest BCUT2D eigenvalue weighted by Crippen LogP contribution is 2.47. The van der Waals surface area contributed by atoms with Crippen molar-refractivity contribution in [1.82, 2.24) is 0 Å². The molecule has 4 rings (SSSR count). The fourth-order valence-corrected chi connectivity index (χ4v) is 3.85. The van der Waals surface area contributed by atoms with Crippen LogP contribution in [-0.2, 0) is 5.72 Å². The summed E-state index contributed by atoms with van der Waals surface area (Å²) in [5, 5.41) is 21.2. The quantitative estimate of drug-likeness (QED) is 0.610. The first-order chi connectivity index (χ1) is 13.3. The van der Waals surface area contributed by atoms with Crippen LogP contribution in [0, 0.1) is 4.91 Å². The number of halogens is 2. The molecule has 0 spiro atoms. The van der Waals surface area contributed by atoms with E-state index in [1.807, 2.05) is 0 Å². The van der Waals surface area contributed by atoms with Gasteiger partial charge in [0.2, 0.25) is 0 Å². The molecule has 1 atom stereocenters. The van der Waals surface area contributed by atoms with Crippen molar-refractivity contribution in [3.63, 3.8) is 0 Å². The second kappa shape index (κ2) is 6.60. The molecule has 1 unspecified atom stereocenters. The van der Waals surface area contributed by atoms with E-state index in [9.17, 15) is 14.8 Å². The lowest BCUT2D eigenvalue weighted by molar-refractivity contribution is -0.729. The van der Waals surface area contributed by atoms with Gasteiger partial charge in [-0.25, -0.2) is 5.21 Å². The van der Waals surface area contributed by atoms with E-state index in [2.05, 4.69) is 0 Å². The summed E-state index contributed by atoms with van der Waals surface area (Å²) in [5.74, 6) is -0.499. The number of aliphatic hydroxyl groups is 1. The molecule has 1 aliphatic heterocycles. The summed E-state index contributed by atoms with van der Waals surface area (Å²) in [6, 6.07) is 17.2. The molecule has 3 aromatic carbocycles. The lowest BCUT2D eigenvalue weighted by atomic mass is 9.93. The predicted molar refractivity (Wildman–Crippen MR) is 104 cm³/mol. The zero-order chi connectivity index (χ0) is 20.1. The Kier molecular flexibility index (Phi) is 4.34. The van der Waals surface area contributed by atoms with Crippen LogP contribution in [0.5, 0.6) is 0 Å². The number of amides is 1. The van der Waals surface area contributed by atoms with Gasteiger partial charge in [-0.05, 0) is 18.2 Å². The SMILES string of the molecule is O=C1c2cc(Cl)ccc2C(O)(c2ccccc2)N1c1ccc([N+](=O)O)cc1Cl. The van der Waals surface area contributed by atoms with Crippen LogP contribution in [0.15, 0.2) is 66.7 Å². The molecule has 0 aliphatic carbocycles. The maximum Gasteiger partial charge on any atom is 0.318 e. The van der Waals surface area contributed by atoms with Crippen LogP contribution >= 0.6 is 23.2 Å². The number of hydrogen-bond acceptors (Lipinski definition) is 3. The Hall–Kier alpha value is -2.93. The van der Waals surface area contributed by atoms with Gasteiger partial charge in [0.15, 0.2) is 5.72 Å². The molecule has 0 aromatic heterocycles. The van der Waals surface area contributed by atoms with Crippen LogP contribution in [0.4, 0.5) is 11.4 Å². The fourth-order valence-electron chi connectivity index (χ4n) is 3.42. The van der Waals surface area contributed by atoms with Gasteiger partial charge in [0.1, 0.15) is 0 Å². The van der Waals surface area contributed by atoms with Crippen LogP contribution in [-0.4, -0.2) is 21.1 Å². The minimum absolute atomic E-state index is 0.00834. The molecule has 1 aliphatic rings. The zero-order valence-electron chi connectivity index (χ0n) is 14.2. The van der Waals surface area contributed by atoms with Crippen molar-refractivity contribution in [3.8, 4) is 0 Å². The third-order valence-corrected chi connectivity index (χ3v) is 5.22. The third-order valence-electron chi connectivity index (χ3n) is 4.68.